The minimum atomic E-state index is -1.30. The van der Waals surface area contributed by atoms with Crippen molar-refractivity contribution in [2.75, 3.05) is 25.4 Å². The SMILES string of the molecule is CC(C)(C)OC(=O)N(CCOc1ccc2c(Cl)nn(C(=O)O)c2c1)CC(O)c1ccc(F)c(N)c1. The lowest BCUT2D eigenvalue weighted by atomic mass is 10.1. The molecule has 0 saturated heterocycles. The number of carbonyl (C=O) groups excluding carboxylic acids is 1. The molecule has 12 heteroatoms. The van der Waals surface area contributed by atoms with Crippen molar-refractivity contribution >= 4 is 40.4 Å². The van der Waals surface area contributed by atoms with Crippen LogP contribution in [0.3, 0.4) is 0 Å². The highest BCUT2D eigenvalue weighted by atomic mass is 35.5. The summed E-state index contributed by atoms with van der Waals surface area (Å²) >= 11 is 5.98. The first-order valence-corrected chi connectivity index (χ1v) is 11.0. The number of fused-ring (bicyclic) bond motifs is 1. The number of carboxylic acid groups (broad SMARTS) is 1. The van der Waals surface area contributed by atoms with E-state index in [-0.39, 0.29) is 36.1 Å². The van der Waals surface area contributed by atoms with Crippen LogP contribution in [0.25, 0.3) is 10.9 Å². The minimum Gasteiger partial charge on any atom is -0.492 e. The Balaban J connectivity index is 1.73. The molecule has 1 heterocycles. The smallest absolute Gasteiger partial charge is 0.432 e. The van der Waals surface area contributed by atoms with E-state index < -0.39 is 29.7 Å². The fourth-order valence-corrected chi connectivity index (χ4v) is 3.47. The monoisotopic (exact) mass is 508 g/mol. The number of halogens is 2. The second-order valence-electron chi connectivity index (χ2n) is 8.74. The number of rotatable bonds is 7. The predicted octanol–water partition coefficient (Wildman–Crippen LogP) is 4.29. The fraction of sp³-hybridized carbons (Fsp3) is 0.348. The Labute approximate surface area is 205 Å². The Hall–Kier alpha value is -3.57. The van der Waals surface area contributed by atoms with Gasteiger partial charge < -0.3 is 30.3 Å². The van der Waals surface area contributed by atoms with Crippen molar-refractivity contribution in [2.45, 2.75) is 32.5 Å². The lowest BCUT2D eigenvalue weighted by molar-refractivity contribution is 0.0117. The first kappa shape index (κ1) is 26.0. The van der Waals surface area contributed by atoms with E-state index in [4.69, 9.17) is 26.8 Å². The third-order valence-corrected chi connectivity index (χ3v) is 5.15. The van der Waals surface area contributed by atoms with Gasteiger partial charge in [0.15, 0.2) is 5.15 Å². The lowest BCUT2D eigenvalue weighted by Gasteiger charge is -2.29. The molecule has 0 aliphatic heterocycles. The number of aromatic nitrogens is 2. The summed E-state index contributed by atoms with van der Waals surface area (Å²) in [5, 5.41) is 24.2. The third-order valence-electron chi connectivity index (χ3n) is 4.87. The lowest BCUT2D eigenvalue weighted by Crippen LogP contribution is -2.41. The van der Waals surface area contributed by atoms with Crippen molar-refractivity contribution in [1.29, 1.82) is 0 Å². The number of nitrogens with zero attached hydrogens (tertiary/aromatic N) is 3. The number of hydrogen-bond donors (Lipinski definition) is 3. The molecule has 10 nitrogen and oxygen atoms in total. The summed E-state index contributed by atoms with van der Waals surface area (Å²) in [6.07, 6.45) is -3.14. The molecule has 1 aromatic heterocycles. The standard InChI is InChI=1S/C23H26ClFN4O6/c1-23(2,3)35-22(33)28(12-19(30)13-4-7-16(25)17(26)10-13)8-9-34-14-5-6-15-18(11-14)29(21(31)32)27-20(15)24/h4-7,10-11,19,30H,8-9,12,26H2,1-3H3,(H,31,32). The van der Waals surface area contributed by atoms with Crippen LogP contribution in [0.2, 0.25) is 5.15 Å². The zero-order valence-corrected chi connectivity index (χ0v) is 20.1. The summed E-state index contributed by atoms with van der Waals surface area (Å²) in [6, 6.07) is 8.46. The zero-order chi connectivity index (χ0) is 25.9. The average molecular weight is 509 g/mol. The second-order valence-corrected chi connectivity index (χ2v) is 9.09. The maximum absolute atomic E-state index is 13.5. The van der Waals surface area contributed by atoms with Crippen molar-refractivity contribution < 1.29 is 33.7 Å². The van der Waals surface area contributed by atoms with Gasteiger partial charge >= 0.3 is 12.2 Å². The van der Waals surface area contributed by atoms with Crippen LogP contribution in [0.4, 0.5) is 19.7 Å². The largest absolute Gasteiger partial charge is 0.492 e. The summed E-state index contributed by atoms with van der Waals surface area (Å²) < 4.78 is 25.4. The van der Waals surface area contributed by atoms with Crippen LogP contribution in [0.5, 0.6) is 5.75 Å². The minimum absolute atomic E-state index is 0.00202. The van der Waals surface area contributed by atoms with E-state index in [1.54, 1.807) is 32.9 Å². The van der Waals surface area contributed by atoms with Crippen LogP contribution in [0.15, 0.2) is 36.4 Å². The van der Waals surface area contributed by atoms with Crippen LogP contribution in [0, 0.1) is 5.82 Å². The Bertz CT molecular complexity index is 1240. The number of benzene rings is 2. The molecule has 3 rings (SSSR count). The highest BCUT2D eigenvalue weighted by Crippen LogP contribution is 2.27. The van der Waals surface area contributed by atoms with Crippen LogP contribution >= 0.6 is 11.6 Å². The van der Waals surface area contributed by atoms with Gasteiger partial charge in [-0.25, -0.2) is 14.0 Å². The molecule has 0 bridgehead atoms. The molecular weight excluding hydrogens is 483 g/mol. The van der Waals surface area contributed by atoms with Gasteiger partial charge in [-0.05, 0) is 50.6 Å². The summed E-state index contributed by atoms with van der Waals surface area (Å²) in [4.78, 5) is 25.4. The van der Waals surface area contributed by atoms with Crippen LogP contribution in [-0.2, 0) is 4.74 Å². The summed E-state index contributed by atoms with van der Waals surface area (Å²) in [5.74, 6) is -0.284. The van der Waals surface area contributed by atoms with Gasteiger partial charge in [0.1, 0.15) is 23.8 Å². The number of amides is 1. The molecular formula is C23H26ClFN4O6. The van der Waals surface area contributed by atoms with Gasteiger partial charge in [0.05, 0.1) is 30.4 Å². The quantitative estimate of drug-likeness (QED) is 0.401. The molecule has 2 aromatic carbocycles. The number of anilines is 1. The van der Waals surface area contributed by atoms with Gasteiger partial charge in [-0.3, -0.25) is 0 Å². The summed E-state index contributed by atoms with van der Waals surface area (Å²) in [6.45, 7) is 5.00. The van der Waals surface area contributed by atoms with Crippen molar-refractivity contribution in [2.24, 2.45) is 0 Å². The molecule has 188 valence electrons. The van der Waals surface area contributed by atoms with E-state index in [0.717, 1.165) is 10.7 Å². The molecule has 35 heavy (non-hydrogen) atoms. The number of nitrogens with two attached hydrogens (primary N) is 1. The Morgan fingerprint density at radius 3 is 2.60 bits per heavy atom. The molecule has 1 unspecified atom stereocenters. The second kappa shape index (κ2) is 10.4. The molecule has 1 atom stereocenters. The van der Waals surface area contributed by atoms with E-state index in [1.807, 2.05) is 0 Å². The van der Waals surface area contributed by atoms with Gasteiger partial charge in [0, 0.05) is 11.5 Å². The molecule has 3 aromatic rings. The van der Waals surface area contributed by atoms with Crippen LogP contribution in [-0.4, -0.2) is 62.4 Å². The molecule has 0 radical (unpaired) electrons. The predicted molar refractivity (Wildman–Crippen MR) is 127 cm³/mol. The number of hydrogen-bond acceptors (Lipinski definition) is 7. The summed E-state index contributed by atoms with van der Waals surface area (Å²) in [5.41, 5.74) is 5.27. The number of aliphatic hydroxyl groups is 1. The first-order chi connectivity index (χ1) is 16.4. The molecule has 4 N–H and O–H groups in total. The maximum atomic E-state index is 13.5. The van der Waals surface area contributed by atoms with E-state index >= 15 is 0 Å². The molecule has 0 saturated carbocycles. The van der Waals surface area contributed by atoms with Gasteiger partial charge in [0.2, 0.25) is 0 Å². The van der Waals surface area contributed by atoms with Gasteiger partial charge in [-0.15, -0.1) is 5.10 Å². The molecule has 0 aliphatic carbocycles. The van der Waals surface area contributed by atoms with E-state index in [2.05, 4.69) is 5.10 Å². The average Bonchev–Trinajstić information content (AvgIpc) is 3.10. The first-order valence-electron chi connectivity index (χ1n) is 10.6. The fourth-order valence-electron chi connectivity index (χ4n) is 3.23. The van der Waals surface area contributed by atoms with Gasteiger partial charge in [0.25, 0.3) is 0 Å². The topological polar surface area (TPSA) is 140 Å². The number of ether oxygens (including phenoxy) is 2. The summed E-state index contributed by atoms with van der Waals surface area (Å²) in [7, 11) is 0. The van der Waals surface area contributed by atoms with Crippen molar-refractivity contribution in [1.82, 2.24) is 14.7 Å². The number of nitrogen functional groups attached to an aromatic ring is 1. The molecule has 0 aliphatic rings. The van der Waals surface area contributed by atoms with Crippen LogP contribution < -0.4 is 10.5 Å². The zero-order valence-electron chi connectivity index (χ0n) is 19.4. The molecule has 0 spiro atoms. The van der Waals surface area contributed by atoms with Crippen molar-refractivity contribution in [3.63, 3.8) is 0 Å². The van der Waals surface area contributed by atoms with Crippen LogP contribution in [0.1, 0.15) is 32.4 Å². The van der Waals surface area contributed by atoms with E-state index in [9.17, 15) is 24.2 Å². The normalized spacial score (nSPS) is 12.4. The molecule has 0 fully saturated rings. The van der Waals surface area contributed by atoms with Crippen molar-refractivity contribution in [3.8, 4) is 5.75 Å². The van der Waals surface area contributed by atoms with Gasteiger partial charge in [-0.2, -0.15) is 4.68 Å². The highest BCUT2D eigenvalue weighted by molar-refractivity contribution is 6.34. The maximum Gasteiger partial charge on any atom is 0.432 e. The van der Waals surface area contributed by atoms with Gasteiger partial charge in [-0.1, -0.05) is 17.7 Å². The Morgan fingerprint density at radius 2 is 1.97 bits per heavy atom. The molecule has 1 amide bonds. The number of carbonyl (C=O) groups is 2. The van der Waals surface area contributed by atoms with E-state index in [1.165, 1.54) is 23.1 Å². The Kier molecular flexibility index (Phi) is 7.71. The number of aliphatic hydroxyl groups excluding tert-OH is 1. The third kappa shape index (κ3) is 6.52. The Morgan fingerprint density at radius 1 is 1.26 bits per heavy atom. The highest BCUT2D eigenvalue weighted by Gasteiger charge is 2.25. The van der Waals surface area contributed by atoms with Crippen molar-refractivity contribution in [3.05, 3.63) is 52.9 Å². The van der Waals surface area contributed by atoms with E-state index in [0.29, 0.717) is 16.7 Å².